The largest absolute Gasteiger partial charge is 0.373 e. The molecule has 0 spiro atoms. The summed E-state index contributed by atoms with van der Waals surface area (Å²) in [6, 6.07) is 8.56. The third-order valence-electron chi connectivity index (χ3n) is 5.52. The first-order valence-electron chi connectivity index (χ1n) is 9.89. The Morgan fingerprint density at radius 1 is 1.19 bits per heavy atom. The highest BCUT2D eigenvalue weighted by atomic mass is 19.1. The average Bonchev–Trinajstić information content (AvgIpc) is 3.36. The van der Waals surface area contributed by atoms with E-state index in [0.29, 0.717) is 42.2 Å². The van der Waals surface area contributed by atoms with Crippen LogP contribution in [0.4, 0.5) is 10.3 Å². The first-order valence-corrected chi connectivity index (χ1v) is 9.89. The molecule has 0 radical (unpaired) electrons. The van der Waals surface area contributed by atoms with E-state index in [4.69, 9.17) is 4.52 Å². The number of aliphatic imine (C=N–C) groups is 1. The molecule has 158 valence electrons. The number of likely N-dealkylation sites (N-methyl/N-ethyl adjacent to an activating group) is 1. The van der Waals surface area contributed by atoms with E-state index < -0.39 is 17.7 Å². The minimum Gasteiger partial charge on any atom is -0.373 e. The Kier molecular flexibility index (Phi) is 4.58. The summed E-state index contributed by atoms with van der Waals surface area (Å²) >= 11 is 0. The Morgan fingerprint density at radius 2 is 1.94 bits per heavy atom. The minimum absolute atomic E-state index is 0.0934. The number of likely N-dealkylation sites (tertiary alicyclic amines) is 1. The summed E-state index contributed by atoms with van der Waals surface area (Å²) in [5.74, 6) is -0.0603. The lowest BCUT2D eigenvalue weighted by Crippen LogP contribution is -2.35. The van der Waals surface area contributed by atoms with Gasteiger partial charge < -0.3 is 14.5 Å². The SMILES string of the molecule is CN1CC[C@@](O)(c2cc(-c3cccc(-c4ccnc(N=C5CC(F)C5)n4)n3)no2)C1=O. The van der Waals surface area contributed by atoms with Gasteiger partial charge in [0.15, 0.2) is 5.76 Å². The molecule has 4 heterocycles. The summed E-state index contributed by atoms with van der Waals surface area (Å²) in [5, 5.41) is 14.7. The molecule has 1 amide bonds. The van der Waals surface area contributed by atoms with Gasteiger partial charge in [0.2, 0.25) is 11.5 Å². The molecule has 1 aliphatic carbocycles. The number of aliphatic hydroxyl groups is 1. The summed E-state index contributed by atoms with van der Waals surface area (Å²) in [4.78, 5) is 31.1. The third-order valence-corrected chi connectivity index (χ3v) is 5.52. The van der Waals surface area contributed by atoms with E-state index in [1.165, 1.54) is 11.0 Å². The molecule has 1 atom stereocenters. The van der Waals surface area contributed by atoms with Crippen molar-refractivity contribution in [2.45, 2.75) is 31.0 Å². The highest BCUT2D eigenvalue weighted by molar-refractivity contribution is 5.92. The van der Waals surface area contributed by atoms with Gasteiger partial charge in [0.1, 0.15) is 11.9 Å². The topological polar surface area (TPSA) is 118 Å². The molecule has 3 aromatic rings. The molecule has 3 aromatic heterocycles. The maximum atomic E-state index is 13.0. The molecule has 1 N–H and O–H groups in total. The second-order valence-electron chi connectivity index (χ2n) is 7.75. The fourth-order valence-corrected chi connectivity index (χ4v) is 3.62. The van der Waals surface area contributed by atoms with Crippen LogP contribution in [0.1, 0.15) is 25.0 Å². The Labute approximate surface area is 176 Å². The molecular weight excluding hydrogens is 403 g/mol. The van der Waals surface area contributed by atoms with Crippen molar-refractivity contribution in [1.82, 2.24) is 25.0 Å². The molecule has 5 rings (SSSR count). The van der Waals surface area contributed by atoms with Gasteiger partial charge in [-0.1, -0.05) is 11.2 Å². The van der Waals surface area contributed by atoms with Crippen LogP contribution < -0.4 is 0 Å². The number of pyridine rings is 1. The summed E-state index contributed by atoms with van der Waals surface area (Å²) in [6.07, 6.45) is 1.62. The van der Waals surface area contributed by atoms with Gasteiger partial charge in [-0.2, -0.15) is 0 Å². The first-order chi connectivity index (χ1) is 14.9. The van der Waals surface area contributed by atoms with Crippen molar-refractivity contribution < 1.29 is 18.8 Å². The van der Waals surface area contributed by atoms with Gasteiger partial charge in [-0.05, 0) is 18.2 Å². The quantitative estimate of drug-likeness (QED) is 0.686. The lowest BCUT2D eigenvalue weighted by molar-refractivity contribution is -0.144. The molecule has 2 fully saturated rings. The molecule has 9 nitrogen and oxygen atoms in total. The number of alkyl halides is 1. The van der Waals surface area contributed by atoms with Crippen LogP contribution in [0.3, 0.4) is 0 Å². The molecule has 1 saturated carbocycles. The predicted molar refractivity (Wildman–Crippen MR) is 108 cm³/mol. The normalized spacial score (nSPS) is 23.2. The third kappa shape index (κ3) is 3.48. The number of halogens is 1. The zero-order valence-electron chi connectivity index (χ0n) is 16.7. The van der Waals surface area contributed by atoms with E-state index in [-0.39, 0.29) is 18.1 Å². The second-order valence-corrected chi connectivity index (χ2v) is 7.75. The fourth-order valence-electron chi connectivity index (χ4n) is 3.62. The number of nitrogens with zero attached hydrogens (tertiary/aromatic N) is 6. The van der Waals surface area contributed by atoms with Crippen LogP contribution in [-0.2, 0) is 10.4 Å². The van der Waals surface area contributed by atoms with Crippen molar-refractivity contribution in [3.05, 3.63) is 42.3 Å². The average molecular weight is 422 g/mol. The van der Waals surface area contributed by atoms with E-state index in [2.05, 4.69) is 25.1 Å². The molecule has 0 bridgehead atoms. The predicted octanol–water partition coefficient (Wildman–Crippen LogP) is 2.45. The smallest absolute Gasteiger partial charge is 0.262 e. The lowest BCUT2D eigenvalue weighted by Gasteiger charge is -2.19. The van der Waals surface area contributed by atoms with Gasteiger partial charge >= 0.3 is 0 Å². The van der Waals surface area contributed by atoms with Gasteiger partial charge in [-0.3, -0.25) is 4.79 Å². The van der Waals surface area contributed by atoms with Crippen molar-refractivity contribution in [3.63, 3.8) is 0 Å². The van der Waals surface area contributed by atoms with Crippen molar-refractivity contribution in [2.24, 2.45) is 4.99 Å². The zero-order chi connectivity index (χ0) is 21.6. The van der Waals surface area contributed by atoms with Crippen molar-refractivity contribution >= 4 is 17.6 Å². The number of amides is 1. The summed E-state index contributed by atoms with van der Waals surface area (Å²) < 4.78 is 18.3. The van der Waals surface area contributed by atoms with Crippen LogP contribution in [-0.4, -0.2) is 61.5 Å². The van der Waals surface area contributed by atoms with E-state index in [9.17, 15) is 14.3 Å². The monoisotopic (exact) mass is 422 g/mol. The fraction of sp³-hybridized carbons (Fsp3) is 0.333. The number of carbonyl (C=O) groups is 1. The van der Waals surface area contributed by atoms with Gasteiger partial charge in [0.05, 0.1) is 17.1 Å². The molecule has 10 heteroatoms. The number of hydrogen-bond acceptors (Lipinski definition) is 8. The number of carbonyl (C=O) groups excluding carboxylic acids is 1. The van der Waals surface area contributed by atoms with E-state index >= 15 is 0 Å². The minimum atomic E-state index is -1.71. The van der Waals surface area contributed by atoms with E-state index in [1.807, 2.05) is 0 Å². The number of hydrogen-bond donors (Lipinski definition) is 1. The van der Waals surface area contributed by atoms with Crippen LogP contribution in [0.15, 0.2) is 46.0 Å². The summed E-state index contributed by atoms with van der Waals surface area (Å²) in [7, 11) is 1.63. The van der Waals surface area contributed by atoms with Crippen LogP contribution in [0, 0.1) is 0 Å². The first kappa shape index (κ1) is 19.4. The molecule has 31 heavy (non-hydrogen) atoms. The summed E-state index contributed by atoms with van der Waals surface area (Å²) in [6.45, 7) is 0.436. The van der Waals surface area contributed by atoms with E-state index in [1.54, 1.807) is 37.5 Å². The Morgan fingerprint density at radius 3 is 2.65 bits per heavy atom. The highest BCUT2D eigenvalue weighted by Gasteiger charge is 2.48. The number of aromatic nitrogens is 4. The molecule has 2 aliphatic rings. The van der Waals surface area contributed by atoms with E-state index in [0.717, 1.165) is 5.71 Å². The zero-order valence-corrected chi connectivity index (χ0v) is 16.7. The Bertz CT molecular complexity index is 1190. The molecule has 1 aliphatic heterocycles. The lowest BCUT2D eigenvalue weighted by atomic mass is 9.95. The maximum Gasteiger partial charge on any atom is 0.262 e. The van der Waals surface area contributed by atoms with Crippen LogP contribution in [0.2, 0.25) is 0 Å². The van der Waals surface area contributed by atoms with Crippen molar-refractivity contribution in [3.8, 4) is 22.8 Å². The standard InChI is InChI=1S/C21H19FN6O3/c1-28-8-6-21(30,19(28)29)18-11-17(27-31-18)15-4-2-3-14(25-15)16-5-7-23-20(26-16)24-13-9-12(22)10-13/h2-5,7,11-12,30H,6,8-10H2,1H3/t12?,21-/m1/s1. The Balaban J connectivity index is 1.42. The van der Waals surface area contributed by atoms with Crippen LogP contribution in [0.25, 0.3) is 22.8 Å². The second kappa shape index (κ2) is 7.31. The number of rotatable bonds is 4. The maximum absolute atomic E-state index is 13.0. The Hall–Kier alpha value is -3.53. The summed E-state index contributed by atoms with van der Waals surface area (Å²) in [5.41, 5.74) is 1.05. The van der Waals surface area contributed by atoms with Gasteiger partial charge in [-0.25, -0.2) is 24.3 Å². The van der Waals surface area contributed by atoms with Gasteiger partial charge in [0, 0.05) is 50.8 Å². The van der Waals surface area contributed by atoms with Gasteiger partial charge in [0.25, 0.3) is 5.91 Å². The van der Waals surface area contributed by atoms with Crippen molar-refractivity contribution in [2.75, 3.05) is 13.6 Å². The van der Waals surface area contributed by atoms with Gasteiger partial charge in [-0.15, -0.1) is 0 Å². The van der Waals surface area contributed by atoms with Crippen LogP contribution >= 0.6 is 0 Å². The van der Waals surface area contributed by atoms with Crippen molar-refractivity contribution in [1.29, 1.82) is 0 Å². The molecular formula is C21H19FN6O3. The highest BCUT2D eigenvalue weighted by Crippen LogP contribution is 2.34. The molecule has 1 saturated heterocycles. The molecule has 0 aromatic carbocycles. The van der Waals surface area contributed by atoms with Crippen LogP contribution in [0.5, 0.6) is 0 Å². The molecule has 0 unspecified atom stereocenters.